The Kier molecular flexibility index (Phi) is 7.06. The number of carbonyl (C=O) groups is 2. The van der Waals surface area contributed by atoms with E-state index in [4.69, 9.17) is 9.47 Å². The molecular formula is C19H27N3O5. The van der Waals surface area contributed by atoms with E-state index < -0.39 is 23.7 Å². The number of amides is 1. The van der Waals surface area contributed by atoms with Crippen molar-refractivity contribution in [3.63, 3.8) is 0 Å². The first-order valence-electron chi connectivity index (χ1n) is 8.76. The third-order valence-corrected chi connectivity index (χ3v) is 3.72. The highest BCUT2D eigenvalue weighted by Gasteiger charge is 2.27. The van der Waals surface area contributed by atoms with Crippen LogP contribution in [0.3, 0.4) is 0 Å². The molecule has 1 aromatic rings. The molecule has 8 nitrogen and oxygen atoms in total. The number of hydrogen-bond acceptors (Lipinski definition) is 6. The largest absolute Gasteiger partial charge is 0.480 e. The van der Waals surface area contributed by atoms with Crippen LogP contribution in [0.25, 0.3) is 0 Å². The maximum atomic E-state index is 11.9. The normalized spacial score (nSPS) is 14.9. The van der Waals surface area contributed by atoms with Gasteiger partial charge in [-0.3, -0.25) is 0 Å². The van der Waals surface area contributed by atoms with Crippen LogP contribution in [0.2, 0.25) is 0 Å². The molecule has 1 atom stereocenters. The van der Waals surface area contributed by atoms with E-state index in [0.29, 0.717) is 20.0 Å². The van der Waals surface area contributed by atoms with Crippen molar-refractivity contribution >= 4 is 12.1 Å². The van der Waals surface area contributed by atoms with E-state index in [0.717, 1.165) is 11.3 Å². The van der Waals surface area contributed by atoms with Crippen LogP contribution in [0.4, 0.5) is 4.79 Å². The summed E-state index contributed by atoms with van der Waals surface area (Å²) in [5.74, 6) is -1.13. The summed E-state index contributed by atoms with van der Waals surface area (Å²) in [5, 5.41) is 14.9. The average molecular weight is 377 g/mol. The van der Waals surface area contributed by atoms with Crippen LogP contribution in [0, 0.1) is 0 Å². The van der Waals surface area contributed by atoms with Crippen LogP contribution < -0.4 is 10.6 Å². The highest BCUT2D eigenvalue weighted by atomic mass is 16.6. The quantitative estimate of drug-likeness (QED) is 0.639. The summed E-state index contributed by atoms with van der Waals surface area (Å²) in [6.45, 7) is 6.45. The number of ether oxygens (including phenoxy) is 2. The Labute approximate surface area is 159 Å². The van der Waals surface area contributed by atoms with E-state index in [1.165, 1.54) is 0 Å². The van der Waals surface area contributed by atoms with Gasteiger partial charge in [-0.1, -0.05) is 30.3 Å². The third kappa shape index (κ3) is 7.18. The summed E-state index contributed by atoms with van der Waals surface area (Å²) < 4.78 is 10.8. The molecule has 1 aliphatic rings. The van der Waals surface area contributed by atoms with Crippen molar-refractivity contribution in [1.82, 2.24) is 15.5 Å². The minimum atomic E-state index is -1.13. The molecule has 1 heterocycles. The predicted molar refractivity (Wildman–Crippen MR) is 99.4 cm³/mol. The van der Waals surface area contributed by atoms with Gasteiger partial charge in [-0.25, -0.2) is 9.59 Å². The molecule has 0 radical (unpaired) electrons. The number of hydrogen-bond donors (Lipinski definition) is 3. The molecule has 3 N–H and O–H groups in total. The van der Waals surface area contributed by atoms with Gasteiger partial charge in [0.1, 0.15) is 18.4 Å². The fourth-order valence-corrected chi connectivity index (χ4v) is 2.49. The Hall–Kier alpha value is -2.74. The minimum absolute atomic E-state index is 0.121. The van der Waals surface area contributed by atoms with E-state index in [1.54, 1.807) is 27.0 Å². The van der Waals surface area contributed by atoms with Gasteiger partial charge in [-0.15, -0.1) is 0 Å². The van der Waals surface area contributed by atoms with E-state index in [2.05, 4.69) is 10.6 Å². The third-order valence-electron chi connectivity index (χ3n) is 3.72. The molecule has 0 fully saturated rings. The summed E-state index contributed by atoms with van der Waals surface area (Å²) in [4.78, 5) is 25.3. The van der Waals surface area contributed by atoms with Crippen LogP contribution in [0.15, 0.2) is 42.2 Å². The fourth-order valence-electron chi connectivity index (χ4n) is 2.49. The molecule has 0 saturated heterocycles. The Balaban J connectivity index is 1.86. The first-order valence-corrected chi connectivity index (χ1v) is 8.76. The topological polar surface area (TPSA) is 100 Å². The lowest BCUT2D eigenvalue weighted by Gasteiger charge is -2.25. The van der Waals surface area contributed by atoms with Gasteiger partial charge in [0, 0.05) is 18.3 Å². The second-order valence-electron chi connectivity index (χ2n) is 7.24. The van der Waals surface area contributed by atoms with E-state index in [1.807, 2.05) is 35.2 Å². The van der Waals surface area contributed by atoms with Crippen molar-refractivity contribution in [1.29, 1.82) is 0 Å². The molecule has 0 unspecified atom stereocenters. The first-order chi connectivity index (χ1) is 12.7. The van der Waals surface area contributed by atoms with Crippen LogP contribution in [0.5, 0.6) is 0 Å². The zero-order valence-corrected chi connectivity index (χ0v) is 15.9. The zero-order chi connectivity index (χ0) is 19.9. The van der Waals surface area contributed by atoms with Gasteiger partial charge in [0.05, 0.1) is 13.3 Å². The van der Waals surface area contributed by atoms with Gasteiger partial charge in [0.25, 0.3) is 0 Å². The standard InChI is InChI=1S/C19H27N3O5/c1-19(2,3)27-18(25)21-16(17(23)24)9-15-10-20-12-22(15)13-26-11-14-7-5-4-6-8-14/h4-8,10,16,20H,9,11-13H2,1-3H3,(H,21,25)(H,23,24)/t16-/m0/s1. The number of aliphatic carboxylic acids is 1. The maximum Gasteiger partial charge on any atom is 0.408 e. The highest BCUT2D eigenvalue weighted by molar-refractivity contribution is 5.80. The molecule has 0 aliphatic carbocycles. The first kappa shape index (κ1) is 20.6. The van der Waals surface area contributed by atoms with Gasteiger partial charge in [-0.05, 0) is 26.3 Å². The van der Waals surface area contributed by atoms with Gasteiger partial charge < -0.3 is 30.1 Å². The van der Waals surface area contributed by atoms with Crippen LogP contribution in [-0.4, -0.2) is 47.1 Å². The van der Waals surface area contributed by atoms with Crippen molar-refractivity contribution < 1.29 is 24.2 Å². The van der Waals surface area contributed by atoms with Crippen LogP contribution >= 0.6 is 0 Å². The lowest BCUT2D eigenvalue weighted by molar-refractivity contribution is -0.139. The lowest BCUT2D eigenvalue weighted by Crippen LogP contribution is -2.44. The van der Waals surface area contributed by atoms with Gasteiger partial charge >= 0.3 is 12.1 Å². The molecule has 2 rings (SSSR count). The molecule has 148 valence electrons. The number of carboxylic acid groups (broad SMARTS) is 1. The fraction of sp³-hybridized carbons (Fsp3) is 0.474. The molecule has 1 aliphatic heterocycles. The average Bonchev–Trinajstić information content (AvgIpc) is 3.00. The Bertz CT molecular complexity index is 670. The number of nitrogens with zero attached hydrogens (tertiary/aromatic N) is 1. The second kappa shape index (κ2) is 9.27. The van der Waals surface area contributed by atoms with Crippen molar-refractivity contribution in [2.75, 3.05) is 13.4 Å². The Morgan fingerprint density at radius 1 is 1.30 bits per heavy atom. The predicted octanol–water partition coefficient (Wildman–Crippen LogP) is 2.23. The molecule has 0 bridgehead atoms. The number of nitrogens with one attached hydrogen (secondary N) is 2. The van der Waals surface area contributed by atoms with E-state index in [-0.39, 0.29) is 6.42 Å². The monoisotopic (exact) mass is 377 g/mol. The summed E-state index contributed by atoms with van der Waals surface area (Å²) in [6, 6.07) is 8.69. The molecule has 0 saturated carbocycles. The molecule has 0 spiro atoms. The van der Waals surface area contributed by atoms with Crippen molar-refractivity contribution in [3.8, 4) is 0 Å². The molecular weight excluding hydrogens is 350 g/mol. The smallest absolute Gasteiger partial charge is 0.408 e. The number of benzene rings is 1. The van der Waals surface area contributed by atoms with Crippen molar-refractivity contribution in [2.45, 2.75) is 45.4 Å². The lowest BCUT2D eigenvalue weighted by atomic mass is 10.1. The molecule has 1 aromatic carbocycles. The Morgan fingerprint density at radius 2 is 2.00 bits per heavy atom. The number of alkyl carbamates (subject to hydrolysis) is 1. The van der Waals surface area contributed by atoms with E-state index >= 15 is 0 Å². The number of carboxylic acids is 1. The number of carbonyl (C=O) groups excluding carboxylic acids is 1. The second-order valence-corrected chi connectivity index (χ2v) is 7.24. The van der Waals surface area contributed by atoms with E-state index in [9.17, 15) is 14.7 Å². The maximum absolute atomic E-state index is 11.9. The van der Waals surface area contributed by atoms with Gasteiger partial charge in [0.2, 0.25) is 0 Å². The van der Waals surface area contributed by atoms with Crippen molar-refractivity contribution in [3.05, 3.63) is 47.8 Å². The zero-order valence-electron chi connectivity index (χ0n) is 15.9. The number of rotatable bonds is 8. The summed E-state index contributed by atoms with van der Waals surface area (Å²) in [7, 11) is 0. The van der Waals surface area contributed by atoms with Gasteiger partial charge in [0.15, 0.2) is 0 Å². The van der Waals surface area contributed by atoms with Crippen LogP contribution in [-0.2, 0) is 20.9 Å². The SMILES string of the molecule is CC(C)(C)OC(=O)N[C@@H](CC1=CNCN1COCc1ccccc1)C(=O)O. The van der Waals surface area contributed by atoms with Crippen LogP contribution in [0.1, 0.15) is 32.8 Å². The van der Waals surface area contributed by atoms with Gasteiger partial charge in [-0.2, -0.15) is 0 Å². The summed E-state index contributed by atoms with van der Waals surface area (Å²) in [6.07, 6.45) is 1.10. The molecule has 27 heavy (non-hydrogen) atoms. The summed E-state index contributed by atoms with van der Waals surface area (Å²) >= 11 is 0. The van der Waals surface area contributed by atoms with Crippen molar-refractivity contribution in [2.24, 2.45) is 0 Å². The molecule has 1 amide bonds. The molecule has 0 aromatic heterocycles. The summed E-state index contributed by atoms with van der Waals surface area (Å²) in [5.41, 5.74) is 1.11. The highest BCUT2D eigenvalue weighted by Crippen LogP contribution is 2.16. The Morgan fingerprint density at radius 3 is 2.63 bits per heavy atom. The minimum Gasteiger partial charge on any atom is -0.480 e. The molecule has 8 heteroatoms.